The molecule has 1 aliphatic heterocycles. The molecule has 1 aromatic carbocycles. The van der Waals surface area contributed by atoms with Gasteiger partial charge in [-0.15, -0.1) is 24.2 Å². The molecule has 1 aliphatic rings. The van der Waals surface area contributed by atoms with Crippen LogP contribution in [0.1, 0.15) is 25.3 Å². The van der Waals surface area contributed by atoms with Gasteiger partial charge in [0.2, 0.25) is 5.91 Å². The quantitative estimate of drug-likeness (QED) is 0.898. The van der Waals surface area contributed by atoms with Gasteiger partial charge < -0.3 is 5.32 Å². The van der Waals surface area contributed by atoms with Crippen LogP contribution in [0.25, 0.3) is 0 Å². The Morgan fingerprint density at radius 1 is 1.50 bits per heavy atom. The van der Waals surface area contributed by atoms with Crippen LogP contribution in [0.3, 0.4) is 0 Å². The number of hydrogen-bond donors (Lipinski definition) is 2. The lowest BCUT2D eigenvalue weighted by atomic mass is 10.0. The van der Waals surface area contributed by atoms with E-state index in [0.29, 0.717) is 5.92 Å². The largest absolute Gasteiger partial charge is 0.325 e. The van der Waals surface area contributed by atoms with E-state index in [1.807, 2.05) is 18.2 Å². The summed E-state index contributed by atoms with van der Waals surface area (Å²) in [5.74, 6) is 2.27. The van der Waals surface area contributed by atoms with E-state index in [2.05, 4.69) is 30.5 Å². The van der Waals surface area contributed by atoms with Gasteiger partial charge >= 0.3 is 0 Å². The molecule has 0 spiro atoms. The highest BCUT2D eigenvalue weighted by atomic mass is 35.5. The standard InChI is InChI=1S/C13H18N2OS.ClH/c1-9(2)10-4-3-5-11(6-10)15-13(16)12-7-17-8-14-12;/h3-6,9,12,14H,7-8H2,1-2H3,(H,15,16);1H. The lowest BCUT2D eigenvalue weighted by molar-refractivity contribution is -0.117. The van der Waals surface area contributed by atoms with Gasteiger partial charge in [-0.3, -0.25) is 10.1 Å². The first-order chi connectivity index (χ1) is 8.16. The molecular formula is C13H19ClN2OS. The number of hydrogen-bond acceptors (Lipinski definition) is 3. The SMILES string of the molecule is CC(C)c1cccc(NC(=O)C2CSCN2)c1.Cl. The number of nitrogens with one attached hydrogen (secondary N) is 2. The highest BCUT2D eigenvalue weighted by Gasteiger charge is 2.22. The summed E-state index contributed by atoms with van der Waals surface area (Å²) >= 11 is 1.76. The molecule has 1 amide bonds. The van der Waals surface area contributed by atoms with Gasteiger partial charge in [0.05, 0.1) is 6.04 Å². The zero-order valence-corrected chi connectivity index (χ0v) is 12.2. The minimum atomic E-state index is -0.0530. The van der Waals surface area contributed by atoms with Crippen LogP contribution in [0, 0.1) is 0 Å². The summed E-state index contributed by atoms with van der Waals surface area (Å²) in [6.45, 7) is 4.30. The maximum Gasteiger partial charge on any atom is 0.242 e. The van der Waals surface area contributed by atoms with E-state index < -0.39 is 0 Å². The molecule has 0 saturated carbocycles. The van der Waals surface area contributed by atoms with E-state index in [-0.39, 0.29) is 24.4 Å². The Bertz CT molecular complexity index is 406. The summed E-state index contributed by atoms with van der Waals surface area (Å²) in [7, 11) is 0. The second kappa shape index (κ2) is 7.02. The third-order valence-electron chi connectivity index (χ3n) is 2.85. The molecule has 5 heteroatoms. The van der Waals surface area contributed by atoms with Crippen molar-refractivity contribution >= 4 is 35.8 Å². The number of thioether (sulfide) groups is 1. The van der Waals surface area contributed by atoms with Gasteiger partial charge in [-0.25, -0.2) is 0 Å². The van der Waals surface area contributed by atoms with Crippen LogP contribution in [0.4, 0.5) is 5.69 Å². The average molecular weight is 287 g/mol. The Labute approximate surface area is 119 Å². The molecule has 3 nitrogen and oxygen atoms in total. The van der Waals surface area contributed by atoms with E-state index in [4.69, 9.17) is 0 Å². The minimum Gasteiger partial charge on any atom is -0.325 e. The normalized spacial score (nSPS) is 18.5. The van der Waals surface area contributed by atoms with E-state index in [1.54, 1.807) is 11.8 Å². The third kappa shape index (κ3) is 3.90. The Balaban J connectivity index is 0.00000162. The van der Waals surface area contributed by atoms with E-state index in [0.717, 1.165) is 17.3 Å². The first-order valence-electron chi connectivity index (χ1n) is 5.89. The van der Waals surface area contributed by atoms with Gasteiger partial charge in [0.15, 0.2) is 0 Å². The van der Waals surface area contributed by atoms with Gasteiger partial charge in [0.25, 0.3) is 0 Å². The van der Waals surface area contributed by atoms with E-state index in [1.165, 1.54) is 5.56 Å². The minimum absolute atomic E-state index is 0. The fraction of sp³-hybridized carbons (Fsp3) is 0.462. The van der Waals surface area contributed by atoms with Crippen molar-refractivity contribution in [2.45, 2.75) is 25.8 Å². The number of amides is 1. The molecule has 1 aromatic rings. The summed E-state index contributed by atoms with van der Waals surface area (Å²) in [5.41, 5.74) is 2.14. The molecule has 1 unspecified atom stereocenters. The van der Waals surface area contributed by atoms with Gasteiger partial charge in [0.1, 0.15) is 0 Å². The van der Waals surface area contributed by atoms with Gasteiger partial charge in [0, 0.05) is 17.3 Å². The summed E-state index contributed by atoms with van der Waals surface area (Å²) < 4.78 is 0. The van der Waals surface area contributed by atoms with Crippen molar-refractivity contribution in [1.82, 2.24) is 5.32 Å². The molecule has 1 fully saturated rings. The second-order valence-electron chi connectivity index (χ2n) is 4.54. The summed E-state index contributed by atoms with van der Waals surface area (Å²) in [5, 5.41) is 6.13. The number of benzene rings is 1. The van der Waals surface area contributed by atoms with Crippen LogP contribution >= 0.6 is 24.2 Å². The van der Waals surface area contributed by atoms with Crippen LogP contribution in [0.5, 0.6) is 0 Å². The van der Waals surface area contributed by atoms with Crippen LogP contribution in [-0.4, -0.2) is 23.6 Å². The smallest absolute Gasteiger partial charge is 0.242 e. The summed E-state index contributed by atoms with van der Waals surface area (Å²) in [6, 6.07) is 8.00. The lowest BCUT2D eigenvalue weighted by Crippen LogP contribution is -2.37. The lowest BCUT2D eigenvalue weighted by Gasteiger charge is -2.12. The monoisotopic (exact) mass is 286 g/mol. The number of carbonyl (C=O) groups is 1. The van der Waals surface area contributed by atoms with Crippen LogP contribution in [-0.2, 0) is 4.79 Å². The molecule has 1 heterocycles. The zero-order valence-electron chi connectivity index (χ0n) is 10.6. The summed E-state index contributed by atoms with van der Waals surface area (Å²) in [6.07, 6.45) is 0. The Morgan fingerprint density at radius 3 is 2.89 bits per heavy atom. The number of carbonyl (C=O) groups excluding carboxylic acids is 1. The predicted octanol–water partition coefficient (Wildman–Crippen LogP) is 2.83. The highest BCUT2D eigenvalue weighted by Crippen LogP contribution is 2.19. The van der Waals surface area contributed by atoms with Crippen molar-refractivity contribution in [3.05, 3.63) is 29.8 Å². The second-order valence-corrected chi connectivity index (χ2v) is 5.57. The van der Waals surface area contributed by atoms with Crippen molar-refractivity contribution in [3.8, 4) is 0 Å². The van der Waals surface area contributed by atoms with Crippen LogP contribution in [0.15, 0.2) is 24.3 Å². The molecule has 1 saturated heterocycles. The molecule has 0 aliphatic carbocycles. The Hall–Kier alpha value is -0.710. The fourth-order valence-corrected chi connectivity index (χ4v) is 2.71. The predicted molar refractivity (Wildman–Crippen MR) is 80.7 cm³/mol. The maximum atomic E-state index is 11.9. The average Bonchev–Trinajstić information content (AvgIpc) is 2.82. The summed E-state index contributed by atoms with van der Waals surface area (Å²) in [4.78, 5) is 11.9. The van der Waals surface area contributed by atoms with Crippen molar-refractivity contribution in [2.75, 3.05) is 16.9 Å². The van der Waals surface area contributed by atoms with Crippen molar-refractivity contribution < 1.29 is 4.79 Å². The van der Waals surface area contributed by atoms with Crippen molar-refractivity contribution in [2.24, 2.45) is 0 Å². The van der Waals surface area contributed by atoms with Crippen LogP contribution < -0.4 is 10.6 Å². The maximum absolute atomic E-state index is 11.9. The molecule has 1 atom stereocenters. The Kier molecular flexibility index (Phi) is 5.99. The molecule has 0 bridgehead atoms. The molecule has 2 N–H and O–H groups in total. The van der Waals surface area contributed by atoms with E-state index in [9.17, 15) is 4.79 Å². The van der Waals surface area contributed by atoms with Crippen LogP contribution in [0.2, 0.25) is 0 Å². The first kappa shape index (κ1) is 15.3. The molecular weight excluding hydrogens is 268 g/mol. The van der Waals surface area contributed by atoms with Crippen molar-refractivity contribution in [3.63, 3.8) is 0 Å². The first-order valence-corrected chi connectivity index (χ1v) is 7.04. The molecule has 2 rings (SSSR count). The number of anilines is 1. The third-order valence-corrected chi connectivity index (χ3v) is 3.79. The fourth-order valence-electron chi connectivity index (χ4n) is 1.77. The zero-order chi connectivity index (χ0) is 12.3. The van der Waals surface area contributed by atoms with Crippen molar-refractivity contribution in [1.29, 1.82) is 0 Å². The highest BCUT2D eigenvalue weighted by molar-refractivity contribution is 7.99. The molecule has 0 aromatic heterocycles. The van der Waals surface area contributed by atoms with Gasteiger partial charge in [-0.05, 0) is 23.6 Å². The number of rotatable bonds is 3. The Morgan fingerprint density at radius 2 is 2.28 bits per heavy atom. The van der Waals surface area contributed by atoms with E-state index >= 15 is 0 Å². The number of halogens is 1. The molecule has 18 heavy (non-hydrogen) atoms. The van der Waals surface area contributed by atoms with Gasteiger partial charge in [-0.2, -0.15) is 0 Å². The topological polar surface area (TPSA) is 41.1 Å². The molecule has 0 radical (unpaired) electrons. The van der Waals surface area contributed by atoms with Gasteiger partial charge in [-0.1, -0.05) is 26.0 Å². The molecule has 100 valence electrons.